The maximum absolute atomic E-state index is 6.34. The van der Waals surface area contributed by atoms with E-state index in [2.05, 4.69) is 23.7 Å². The summed E-state index contributed by atoms with van der Waals surface area (Å²) in [5.41, 5.74) is 6.63. The summed E-state index contributed by atoms with van der Waals surface area (Å²) >= 11 is 8.34. The summed E-state index contributed by atoms with van der Waals surface area (Å²) in [4.78, 5) is 6.67. The van der Waals surface area contributed by atoms with Gasteiger partial charge in [0, 0.05) is 36.3 Å². The van der Waals surface area contributed by atoms with Crippen molar-refractivity contribution in [3.8, 4) is 0 Å². The fraction of sp³-hybridized carbons (Fsp3) is 0.583. The number of anilines is 1. The second kappa shape index (κ2) is 5.04. The molecule has 0 bridgehead atoms. The first-order valence-corrected chi connectivity index (χ1v) is 7.12. The van der Waals surface area contributed by atoms with E-state index in [1.54, 1.807) is 6.20 Å². The van der Waals surface area contributed by atoms with Crippen LogP contribution < -0.4 is 10.6 Å². The van der Waals surface area contributed by atoms with Crippen molar-refractivity contribution in [3.63, 3.8) is 0 Å². The van der Waals surface area contributed by atoms with Crippen molar-refractivity contribution in [2.24, 2.45) is 5.73 Å². The van der Waals surface area contributed by atoms with E-state index in [9.17, 15) is 0 Å². The predicted molar refractivity (Wildman–Crippen MR) is 75.9 cm³/mol. The number of hydrogen-bond acceptors (Lipinski definition) is 4. The van der Waals surface area contributed by atoms with Crippen LogP contribution in [0.25, 0.3) is 0 Å². The molecule has 1 aromatic heterocycles. The highest BCUT2D eigenvalue weighted by atomic mass is 35.5. The Morgan fingerprint density at radius 1 is 1.59 bits per heavy atom. The van der Waals surface area contributed by atoms with Crippen LogP contribution in [-0.2, 0) is 6.54 Å². The van der Waals surface area contributed by atoms with Crippen LogP contribution in [0.3, 0.4) is 0 Å². The summed E-state index contributed by atoms with van der Waals surface area (Å²) in [6.07, 6.45) is 1.79. The van der Waals surface area contributed by atoms with E-state index in [0.29, 0.717) is 11.6 Å². The molecule has 1 fully saturated rings. The number of rotatable bonds is 2. The van der Waals surface area contributed by atoms with E-state index in [4.69, 9.17) is 17.3 Å². The minimum absolute atomic E-state index is 0.252. The molecular formula is C12H18ClN3S. The van der Waals surface area contributed by atoms with Gasteiger partial charge in [-0.25, -0.2) is 4.98 Å². The van der Waals surface area contributed by atoms with Gasteiger partial charge in [0.2, 0.25) is 0 Å². The van der Waals surface area contributed by atoms with E-state index in [1.807, 2.05) is 17.8 Å². The van der Waals surface area contributed by atoms with E-state index in [0.717, 1.165) is 30.2 Å². The number of nitrogens with zero attached hydrogens (tertiary/aromatic N) is 2. The molecule has 0 radical (unpaired) electrons. The molecule has 0 aromatic carbocycles. The molecule has 1 saturated heterocycles. The van der Waals surface area contributed by atoms with Crippen LogP contribution in [0.15, 0.2) is 12.3 Å². The zero-order chi connectivity index (χ0) is 12.5. The Kier molecular flexibility index (Phi) is 3.85. The van der Waals surface area contributed by atoms with Gasteiger partial charge in [0.15, 0.2) is 0 Å². The number of nitrogens with two attached hydrogens (primary N) is 1. The third kappa shape index (κ3) is 2.87. The fourth-order valence-electron chi connectivity index (χ4n) is 2.05. The Morgan fingerprint density at radius 2 is 2.35 bits per heavy atom. The Morgan fingerprint density at radius 3 is 3.00 bits per heavy atom. The van der Waals surface area contributed by atoms with Crippen LogP contribution in [0.1, 0.15) is 19.4 Å². The Labute approximate surface area is 112 Å². The van der Waals surface area contributed by atoms with Crippen LogP contribution in [0, 0.1) is 0 Å². The molecule has 0 unspecified atom stereocenters. The summed E-state index contributed by atoms with van der Waals surface area (Å²) in [6.45, 7) is 6.93. The summed E-state index contributed by atoms with van der Waals surface area (Å²) in [5, 5.41) is 0.706. The van der Waals surface area contributed by atoms with Gasteiger partial charge in [-0.2, -0.15) is 11.8 Å². The molecule has 2 rings (SSSR count). The lowest BCUT2D eigenvalue weighted by Gasteiger charge is -2.38. The number of aromatic nitrogens is 1. The second-order valence-electron chi connectivity index (χ2n) is 4.84. The average Bonchev–Trinajstić information content (AvgIpc) is 2.28. The Balaban J connectivity index is 2.28. The number of halogens is 1. The lowest BCUT2D eigenvalue weighted by molar-refractivity contribution is 0.642. The van der Waals surface area contributed by atoms with Crippen LogP contribution >= 0.6 is 23.4 Å². The molecule has 17 heavy (non-hydrogen) atoms. The number of hydrogen-bond donors (Lipinski definition) is 1. The van der Waals surface area contributed by atoms with Gasteiger partial charge < -0.3 is 10.6 Å². The second-order valence-corrected chi connectivity index (χ2v) is 7.02. The Bertz CT molecular complexity index is 409. The molecule has 0 amide bonds. The normalized spacial score (nSPS) is 19.4. The predicted octanol–water partition coefficient (Wildman–Crippen LogP) is 2.53. The lowest BCUT2D eigenvalue weighted by Crippen LogP contribution is -2.43. The smallest absolute Gasteiger partial charge is 0.147 e. The molecule has 0 atom stereocenters. The van der Waals surface area contributed by atoms with Crippen molar-refractivity contribution in [2.45, 2.75) is 25.1 Å². The first kappa shape index (κ1) is 13.0. The highest BCUT2D eigenvalue weighted by molar-refractivity contribution is 8.00. The molecule has 1 aromatic rings. The summed E-state index contributed by atoms with van der Waals surface area (Å²) < 4.78 is 0.252. The maximum atomic E-state index is 6.34. The van der Waals surface area contributed by atoms with E-state index in [-0.39, 0.29) is 4.75 Å². The molecule has 3 nitrogen and oxygen atoms in total. The van der Waals surface area contributed by atoms with Crippen LogP contribution in [0.5, 0.6) is 0 Å². The maximum Gasteiger partial charge on any atom is 0.147 e. The molecule has 0 aliphatic carbocycles. The standard InChI is InChI=1S/C12H18ClN3S/c1-12(2)8-16(5-6-17-12)11-10(13)9(7-14)3-4-15-11/h3-4H,5-8,14H2,1-2H3. The molecule has 2 N–H and O–H groups in total. The van der Waals surface area contributed by atoms with Crippen molar-refractivity contribution in [1.82, 2.24) is 4.98 Å². The molecule has 0 spiro atoms. The molecule has 0 saturated carbocycles. The molecular weight excluding hydrogens is 254 g/mol. The molecule has 2 heterocycles. The van der Waals surface area contributed by atoms with Gasteiger partial charge in [0.05, 0.1) is 5.02 Å². The molecule has 1 aliphatic rings. The van der Waals surface area contributed by atoms with Gasteiger partial charge in [0.25, 0.3) is 0 Å². The van der Waals surface area contributed by atoms with Crippen LogP contribution in [0.2, 0.25) is 5.02 Å². The average molecular weight is 272 g/mol. The first-order chi connectivity index (χ1) is 8.03. The zero-order valence-corrected chi connectivity index (χ0v) is 11.8. The largest absolute Gasteiger partial charge is 0.353 e. The molecule has 94 valence electrons. The molecule has 5 heteroatoms. The minimum Gasteiger partial charge on any atom is -0.353 e. The Hall–Kier alpha value is -0.450. The SMILES string of the molecule is CC1(C)CN(c2nccc(CN)c2Cl)CCS1. The van der Waals surface area contributed by atoms with Crippen molar-refractivity contribution in [2.75, 3.05) is 23.7 Å². The highest BCUT2D eigenvalue weighted by Gasteiger charge is 2.28. The third-order valence-corrected chi connectivity index (χ3v) is 4.60. The summed E-state index contributed by atoms with van der Waals surface area (Å²) in [5.74, 6) is 1.99. The van der Waals surface area contributed by atoms with Gasteiger partial charge in [-0.1, -0.05) is 11.6 Å². The van der Waals surface area contributed by atoms with E-state index < -0.39 is 0 Å². The molecule has 1 aliphatic heterocycles. The first-order valence-electron chi connectivity index (χ1n) is 5.76. The van der Waals surface area contributed by atoms with Gasteiger partial charge >= 0.3 is 0 Å². The number of thioether (sulfide) groups is 1. The fourth-order valence-corrected chi connectivity index (χ4v) is 3.47. The third-order valence-electron chi connectivity index (χ3n) is 2.90. The van der Waals surface area contributed by atoms with E-state index in [1.165, 1.54) is 0 Å². The minimum atomic E-state index is 0.252. The van der Waals surface area contributed by atoms with Gasteiger partial charge in [-0.3, -0.25) is 0 Å². The van der Waals surface area contributed by atoms with E-state index >= 15 is 0 Å². The van der Waals surface area contributed by atoms with Gasteiger partial charge in [-0.15, -0.1) is 0 Å². The topological polar surface area (TPSA) is 42.2 Å². The van der Waals surface area contributed by atoms with Crippen LogP contribution in [-0.4, -0.2) is 28.6 Å². The van der Waals surface area contributed by atoms with Gasteiger partial charge in [-0.05, 0) is 25.5 Å². The summed E-state index contributed by atoms with van der Waals surface area (Å²) in [6, 6.07) is 1.88. The quantitative estimate of drug-likeness (QED) is 0.898. The number of pyridine rings is 1. The van der Waals surface area contributed by atoms with Crippen molar-refractivity contribution >= 4 is 29.2 Å². The summed E-state index contributed by atoms with van der Waals surface area (Å²) in [7, 11) is 0. The highest BCUT2D eigenvalue weighted by Crippen LogP contribution is 2.34. The van der Waals surface area contributed by atoms with Crippen molar-refractivity contribution < 1.29 is 0 Å². The monoisotopic (exact) mass is 271 g/mol. The lowest BCUT2D eigenvalue weighted by atomic mass is 10.1. The van der Waals surface area contributed by atoms with Crippen LogP contribution in [0.4, 0.5) is 5.82 Å². The van der Waals surface area contributed by atoms with Crippen molar-refractivity contribution in [3.05, 3.63) is 22.8 Å². The van der Waals surface area contributed by atoms with Gasteiger partial charge in [0.1, 0.15) is 5.82 Å². The zero-order valence-electron chi connectivity index (χ0n) is 10.2. The van der Waals surface area contributed by atoms with Crippen molar-refractivity contribution in [1.29, 1.82) is 0 Å².